The van der Waals surface area contributed by atoms with Gasteiger partial charge in [-0.05, 0) is 43.2 Å². The molecule has 0 spiro atoms. The molecule has 0 fully saturated rings. The summed E-state index contributed by atoms with van der Waals surface area (Å²) >= 11 is 0. The fraction of sp³-hybridized carbons (Fsp3) is 0.304. The smallest absolute Gasteiger partial charge is 0.191 e. The van der Waals surface area contributed by atoms with Crippen LogP contribution in [-0.4, -0.2) is 35.4 Å². The Bertz CT molecular complexity index is 1000. The first-order chi connectivity index (χ1) is 14.1. The molecule has 6 nitrogen and oxygen atoms in total. The Morgan fingerprint density at radius 3 is 2.63 bits per heavy atom. The molecule has 7 heteroatoms. The number of aromatic nitrogens is 2. The molecular weight excluding hydrogens is 489 g/mol. The fourth-order valence-electron chi connectivity index (χ4n) is 3.72. The van der Waals surface area contributed by atoms with Crippen molar-refractivity contribution in [3.8, 4) is 11.4 Å². The van der Waals surface area contributed by atoms with Crippen molar-refractivity contribution in [3.63, 3.8) is 0 Å². The maximum atomic E-state index is 6.00. The number of rotatable bonds is 5. The van der Waals surface area contributed by atoms with Crippen LogP contribution < -0.4 is 15.4 Å². The summed E-state index contributed by atoms with van der Waals surface area (Å²) in [5.41, 5.74) is 5.64. The molecule has 0 aliphatic carbocycles. The summed E-state index contributed by atoms with van der Waals surface area (Å²) < 4.78 is 7.99. The summed E-state index contributed by atoms with van der Waals surface area (Å²) in [6.45, 7) is 5.44. The van der Waals surface area contributed by atoms with Gasteiger partial charge < -0.3 is 15.4 Å². The number of benzene rings is 2. The van der Waals surface area contributed by atoms with Gasteiger partial charge in [0.2, 0.25) is 0 Å². The van der Waals surface area contributed by atoms with E-state index in [-0.39, 0.29) is 30.1 Å². The van der Waals surface area contributed by atoms with E-state index in [0.717, 1.165) is 40.8 Å². The van der Waals surface area contributed by atoms with E-state index in [4.69, 9.17) is 4.74 Å². The van der Waals surface area contributed by atoms with Crippen LogP contribution >= 0.6 is 24.0 Å². The molecule has 0 saturated carbocycles. The zero-order valence-corrected chi connectivity index (χ0v) is 19.9. The summed E-state index contributed by atoms with van der Waals surface area (Å²) in [6.07, 6.45) is 1.04. The monoisotopic (exact) mass is 517 g/mol. The van der Waals surface area contributed by atoms with Crippen LogP contribution in [0.2, 0.25) is 0 Å². The number of guanidine groups is 1. The number of hydrogen-bond donors (Lipinski definition) is 2. The molecule has 2 N–H and O–H groups in total. The molecule has 0 bridgehead atoms. The lowest BCUT2D eigenvalue weighted by Gasteiger charge is -2.17. The molecule has 1 aromatic heterocycles. The van der Waals surface area contributed by atoms with Gasteiger partial charge in [-0.1, -0.05) is 36.4 Å². The number of para-hydroxylation sites is 2. The highest BCUT2D eigenvalue weighted by Gasteiger charge is 2.22. The SMILES string of the molecule is CN=C(NCc1ccccc1-n1nc(C)cc1C)NCC1Cc2ccccc2O1.I. The van der Waals surface area contributed by atoms with Crippen molar-refractivity contribution in [3.05, 3.63) is 77.1 Å². The van der Waals surface area contributed by atoms with E-state index in [1.54, 1.807) is 7.05 Å². The molecule has 3 aromatic rings. The molecule has 1 unspecified atom stereocenters. The van der Waals surface area contributed by atoms with Crippen LogP contribution in [0.3, 0.4) is 0 Å². The van der Waals surface area contributed by atoms with Gasteiger partial charge in [0.05, 0.1) is 17.9 Å². The zero-order chi connectivity index (χ0) is 20.2. The highest BCUT2D eigenvalue weighted by molar-refractivity contribution is 14.0. The lowest BCUT2D eigenvalue weighted by atomic mass is 10.1. The van der Waals surface area contributed by atoms with Crippen LogP contribution in [0.25, 0.3) is 5.69 Å². The van der Waals surface area contributed by atoms with Crippen molar-refractivity contribution in [1.82, 2.24) is 20.4 Å². The minimum atomic E-state index is 0. The number of hydrogen-bond acceptors (Lipinski definition) is 3. The topological polar surface area (TPSA) is 63.5 Å². The number of fused-ring (bicyclic) bond motifs is 1. The first kappa shape index (κ1) is 22.1. The summed E-state index contributed by atoms with van der Waals surface area (Å²) in [5.74, 6) is 1.74. The first-order valence-electron chi connectivity index (χ1n) is 9.94. The van der Waals surface area contributed by atoms with Gasteiger partial charge in [0.15, 0.2) is 5.96 Å². The van der Waals surface area contributed by atoms with Gasteiger partial charge in [-0.2, -0.15) is 5.10 Å². The van der Waals surface area contributed by atoms with Crippen molar-refractivity contribution in [2.75, 3.05) is 13.6 Å². The van der Waals surface area contributed by atoms with Gasteiger partial charge in [0.25, 0.3) is 0 Å². The molecular formula is C23H28IN5O. The Balaban J connectivity index is 0.00000256. The van der Waals surface area contributed by atoms with E-state index < -0.39 is 0 Å². The third-order valence-corrected chi connectivity index (χ3v) is 5.11. The molecule has 0 amide bonds. The molecule has 1 atom stereocenters. The molecule has 30 heavy (non-hydrogen) atoms. The Morgan fingerprint density at radius 2 is 1.90 bits per heavy atom. The maximum Gasteiger partial charge on any atom is 0.191 e. The van der Waals surface area contributed by atoms with E-state index in [1.165, 1.54) is 5.56 Å². The van der Waals surface area contributed by atoms with Crippen LogP contribution in [0, 0.1) is 13.8 Å². The quantitative estimate of drug-likeness (QED) is 0.307. The average molecular weight is 517 g/mol. The predicted molar refractivity (Wildman–Crippen MR) is 131 cm³/mol. The van der Waals surface area contributed by atoms with E-state index >= 15 is 0 Å². The van der Waals surface area contributed by atoms with Gasteiger partial charge in [-0.25, -0.2) is 4.68 Å². The van der Waals surface area contributed by atoms with Gasteiger partial charge in [0.1, 0.15) is 11.9 Å². The number of nitrogens with zero attached hydrogens (tertiary/aromatic N) is 3. The fourth-order valence-corrected chi connectivity index (χ4v) is 3.72. The highest BCUT2D eigenvalue weighted by atomic mass is 127. The minimum Gasteiger partial charge on any atom is -0.488 e. The summed E-state index contributed by atoms with van der Waals surface area (Å²) in [5, 5.41) is 11.4. The summed E-state index contributed by atoms with van der Waals surface area (Å²) in [6, 6.07) is 18.6. The molecule has 1 aliphatic heterocycles. The van der Waals surface area contributed by atoms with Crippen LogP contribution in [0.1, 0.15) is 22.5 Å². The van der Waals surface area contributed by atoms with Gasteiger partial charge >= 0.3 is 0 Å². The first-order valence-corrected chi connectivity index (χ1v) is 9.94. The molecule has 4 rings (SSSR count). The Kier molecular flexibility index (Phi) is 7.36. The van der Waals surface area contributed by atoms with Crippen molar-refractivity contribution < 1.29 is 4.74 Å². The van der Waals surface area contributed by atoms with Crippen molar-refractivity contribution in [2.45, 2.75) is 32.9 Å². The summed E-state index contributed by atoms with van der Waals surface area (Å²) in [4.78, 5) is 4.35. The molecule has 2 heterocycles. The predicted octanol–water partition coefficient (Wildman–Crippen LogP) is 3.78. The van der Waals surface area contributed by atoms with Crippen LogP contribution in [-0.2, 0) is 13.0 Å². The van der Waals surface area contributed by atoms with Crippen LogP contribution in [0.5, 0.6) is 5.75 Å². The second-order valence-electron chi connectivity index (χ2n) is 7.33. The second-order valence-corrected chi connectivity index (χ2v) is 7.33. The standard InChI is InChI=1S/C23H27N5O.HI/c1-16-12-17(2)28(27-16)21-10-6-4-9-19(21)14-25-23(24-3)26-15-20-13-18-8-5-7-11-22(18)29-20;/h4-12,20H,13-15H2,1-3H3,(H2,24,25,26);1H. The van der Waals surface area contributed by atoms with Crippen LogP contribution in [0.15, 0.2) is 59.6 Å². The third-order valence-electron chi connectivity index (χ3n) is 5.11. The Morgan fingerprint density at radius 1 is 1.13 bits per heavy atom. The molecule has 0 radical (unpaired) electrons. The van der Waals surface area contributed by atoms with Crippen molar-refractivity contribution >= 4 is 29.9 Å². The number of halogens is 1. The van der Waals surface area contributed by atoms with Crippen LogP contribution in [0.4, 0.5) is 0 Å². The largest absolute Gasteiger partial charge is 0.488 e. The highest BCUT2D eigenvalue weighted by Crippen LogP contribution is 2.27. The Hall–Kier alpha value is -2.55. The summed E-state index contributed by atoms with van der Waals surface area (Å²) in [7, 11) is 1.78. The number of nitrogens with one attached hydrogen (secondary N) is 2. The average Bonchev–Trinajstić information content (AvgIpc) is 3.30. The van der Waals surface area contributed by atoms with Crippen molar-refractivity contribution in [1.29, 1.82) is 0 Å². The zero-order valence-electron chi connectivity index (χ0n) is 17.6. The van der Waals surface area contributed by atoms with Gasteiger partial charge in [-0.15, -0.1) is 24.0 Å². The second kappa shape index (κ2) is 9.97. The van der Waals surface area contributed by atoms with Gasteiger partial charge in [0, 0.05) is 25.7 Å². The number of aliphatic imine (C=N–C) groups is 1. The number of aryl methyl sites for hydroxylation is 2. The van der Waals surface area contributed by atoms with Gasteiger partial charge in [-0.3, -0.25) is 4.99 Å². The van der Waals surface area contributed by atoms with E-state index in [0.29, 0.717) is 13.1 Å². The number of ether oxygens (including phenoxy) is 1. The maximum absolute atomic E-state index is 6.00. The van der Waals surface area contributed by atoms with Crippen molar-refractivity contribution in [2.24, 2.45) is 4.99 Å². The normalized spacial score (nSPS) is 15.2. The van der Waals surface area contributed by atoms with E-state index in [9.17, 15) is 0 Å². The third kappa shape index (κ3) is 4.95. The molecule has 1 aliphatic rings. The molecule has 158 valence electrons. The lowest BCUT2D eigenvalue weighted by Crippen LogP contribution is -2.42. The minimum absolute atomic E-state index is 0. The Labute approximate surface area is 194 Å². The lowest BCUT2D eigenvalue weighted by molar-refractivity contribution is 0.235. The van der Waals surface area contributed by atoms with E-state index in [2.05, 4.69) is 58.0 Å². The van der Waals surface area contributed by atoms with E-state index in [1.807, 2.05) is 35.9 Å². The molecule has 0 saturated heterocycles. The molecule has 2 aromatic carbocycles.